The van der Waals surface area contributed by atoms with E-state index >= 15 is 0 Å². The second-order valence-electron chi connectivity index (χ2n) is 10.0. The van der Waals surface area contributed by atoms with Crippen LogP contribution in [0.25, 0.3) is 5.57 Å². The molecule has 0 saturated heterocycles. The van der Waals surface area contributed by atoms with Crippen LogP contribution in [0, 0.1) is 24.7 Å². The molecule has 34 heavy (non-hydrogen) atoms. The molecule has 4 heteroatoms. The molecule has 2 heterocycles. The van der Waals surface area contributed by atoms with Crippen LogP contribution in [0.15, 0.2) is 24.8 Å². The van der Waals surface area contributed by atoms with Crippen molar-refractivity contribution in [2.24, 2.45) is 17.8 Å². The molecule has 1 aromatic rings. The zero-order valence-corrected chi connectivity index (χ0v) is 23.4. The summed E-state index contributed by atoms with van der Waals surface area (Å²) < 4.78 is 11.0. The van der Waals surface area contributed by atoms with E-state index in [0.29, 0.717) is 10.8 Å². The second-order valence-corrected chi connectivity index (χ2v) is 11.3. The van der Waals surface area contributed by atoms with Crippen molar-refractivity contribution >= 4 is 22.9 Å². The molecule has 0 unspecified atom stereocenters. The van der Waals surface area contributed by atoms with E-state index in [1.807, 2.05) is 20.8 Å². The van der Waals surface area contributed by atoms with Crippen molar-refractivity contribution in [1.29, 1.82) is 0 Å². The Balaban J connectivity index is 0.000000311. The largest absolute Gasteiger partial charge is 0.465 e. The maximum absolute atomic E-state index is 12.0. The average molecular weight is 489 g/mol. The Morgan fingerprint density at radius 2 is 1.82 bits per heavy atom. The minimum atomic E-state index is -0.259. The lowest BCUT2D eigenvalue weighted by Crippen LogP contribution is -2.37. The lowest BCUT2D eigenvalue weighted by Gasteiger charge is -2.40. The first-order chi connectivity index (χ1) is 16.4. The number of thiophene rings is 1. The number of methoxy groups -OCH3 is 1. The van der Waals surface area contributed by atoms with Crippen LogP contribution in [0.2, 0.25) is 0 Å². The van der Waals surface area contributed by atoms with Crippen LogP contribution in [-0.2, 0) is 9.47 Å². The van der Waals surface area contributed by atoms with E-state index in [0.717, 1.165) is 66.6 Å². The van der Waals surface area contributed by atoms with Crippen LogP contribution in [0.5, 0.6) is 0 Å². The molecular weight excluding hydrogens is 440 g/mol. The van der Waals surface area contributed by atoms with Gasteiger partial charge in [0.15, 0.2) is 0 Å². The first-order valence-corrected chi connectivity index (χ1v) is 14.4. The number of esters is 1. The third-order valence-electron chi connectivity index (χ3n) is 7.71. The van der Waals surface area contributed by atoms with E-state index in [1.165, 1.54) is 50.6 Å². The first kappa shape index (κ1) is 28.8. The topological polar surface area (TPSA) is 35.5 Å². The smallest absolute Gasteiger partial charge is 0.348 e. The maximum atomic E-state index is 12.0. The monoisotopic (exact) mass is 488 g/mol. The SMILES string of the molecule is C=C(c1cc(C)sc1C(=O)OC)C1CCC2(C=CCCO2)CC1.CC.CCC1CCC(C)CC1. The summed E-state index contributed by atoms with van der Waals surface area (Å²) >= 11 is 1.49. The lowest BCUT2D eigenvalue weighted by molar-refractivity contribution is -0.0433. The second kappa shape index (κ2) is 14.2. The van der Waals surface area contributed by atoms with Crippen molar-refractivity contribution in [3.05, 3.63) is 40.1 Å². The molecule has 2 saturated carbocycles. The molecule has 0 radical (unpaired) electrons. The number of carbonyl (C=O) groups is 1. The number of allylic oxidation sites excluding steroid dienone is 1. The fourth-order valence-electron chi connectivity index (χ4n) is 5.40. The Bertz CT molecular complexity index is 790. The summed E-state index contributed by atoms with van der Waals surface area (Å²) in [5.74, 6) is 2.25. The fraction of sp³-hybridized carbons (Fsp3) is 0.700. The molecule has 0 N–H and O–H groups in total. The Labute approximate surface area is 213 Å². The maximum Gasteiger partial charge on any atom is 0.348 e. The van der Waals surface area contributed by atoms with Gasteiger partial charge in [-0.1, -0.05) is 78.5 Å². The molecule has 0 bridgehead atoms. The summed E-state index contributed by atoms with van der Waals surface area (Å²) in [4.78, 5) is 13.8. The zero-order chi connectivity index (χ0) is 25.1. The standard InChI is InChI=1S/C19H24O3S.C9H18.C2H6/c1-13-12-16(17(23-13)18(20)21-3)14(2)15-6-9-19(10-7-15)8-4-5-11-22-19;1-3-9-6-4-8(2)5-7-9;1-2/h4,8,12,15H,2,5-7,9-11H2,1,3H3;8-9H,3-7H2,1-2H3;1-2H3. The molecule has 2 fully saturated rings. The summed E-state index contributed by atoms with van der Waals surface area (Å²) in [7, 11) is 1.43. The Morgan fingerprint density at radius 3 is 2.35 bits per heavy atom. The molecule has 0 aromatic carbocycles. The predicted octanol–water partition coefficient (Wildman–Crippen LogP) is 9.01. The van der Waals surface area contributed by atoms with Crippen LogP contribution < -0.4 is 0 Å². The first-order valence-electron chi connectivity index (χ1n) is 13.6. The summed E-state index contributed by atoms with van der Waals surface area (Å²) in [6, 6.07) is 2.07. The molecular formula is C30H48O3S. The van der Waals surface area contributed by atoms with Gasteiger partial charge in [0.25, 0.3) is 0 Å². The molecule has 0 atom stereocenters. The van der Waals surface area contributed by atoms with Gasteiger partial charge in [0.05, 0.1) is 19.3 Å². The van der Waals surface area contributed by atoms with Gasteiger partial charge in [-0.15, -0.1) is 11.3 Å². The van der Waals surface area contributed by atoms with Crippen LogP contribution in [0.3, 0.4) is 0 Å². The molecule has 3 aliphatic rings. The van der Waals surface area contributed by atoms with Gasteiger partial charge in [0.1, 0.15) is 4.88 Å². The van der Waals surface area contributed by atoms with Crippen LogP contribution in [0.1, 0.15) is 112 Å². The number of rotatable bonds is 4. The number of hydrogen-bond acceptors (Lipinski definition) is 4. The molecule has 3 nitrogen and oxygen atoms in total. The summed E-state index contributed by atoms with van der Waals surface area (Å²) in [6.45, 7) is 15.9. The number of aryl methyl sites for hydroxylation is 1. The average Bonchev–Trinajstić information content (AvgIpc) is 3.28. The fourth-order valence-corrected chi connectivity index (χ4v) is 6.36. The van der Waals surface area contributed by atoms with Gasteiger partial charge in [-0.25, -0.2) is 4.79 Å². The molecule has 1 aliphatic heterocycles. The number of carbonyl (C=O) groups excluding carboxylic acids is 1. The van der Waals surface area contributed by atoms with Gasteiger partial charge in [0.2, 0.25) is 0 Å². The van der Waals surface area contributed by atoms with Crippen molar-refractivity contribution in [1.82, 2.24) is 0 Å². The van der Waals surface area contributed by atoms with E-state index in [1.54, 1.807) is 0 Å². The van der Waals surface area contributed by atoms with Crippen LogP contribution in [-0.4, -0.2) is 25.3 Å². The highest BCUT2D eigenvalue weighted by molar-refractivity contribution is 7.14. The van der Waals surface area contributed by atoms with Crippen LogP contribution >= 0.6 is 11.3 Å². The Hall–Kier alpha value is -1.39. The lowest BCUT2D eigenvalue weighted by atomic mass is 9.74. The van der Waals surface area contributed by atoms with Gasteiger partial charge < -0.3 is 9.47 Å². The molecule has 1 spiro atoms. The molecule has 2 aliphatic carbocycles. The molecule has 4 rings (SSSR count). The van der Waals surface area contributed by atoms with Gasteiger partial charge in [-0.3, -0.25) is 0 Å². The van der Waals surface area contributed by atoms with Gasteiger partial charge in [-0.2, -0.15) is 0 Å². The van der Waals surface area contributed by atoms with Crippen molar-refractivity contribution in [3.63, 3.8) is 0 Å². The van der Waals surface area contributed by atoms with Gasteiger partial charge in [0, 0.05) is 10.4 Å². The molecule has 1 aromatic heterocycles. The van der Waals surface area contributed by atoms with Gasteiger partial charge >= 0.3 is 5.97 Å². The minimum absolute atomic E-state index is 0.0508. The van der Waals surface area contributed by atoms with Gasteiger partial charge in [-0.05, 0) is 68.4 Å². The predicted molar refractivity (Wildman–Crippen MR) is 147 cm³/mol. The third kappa shape index (κ3) is 7.81. The number of ether oxygens (including phenoxy) is 2. The highest BCUT2D eigenvalue weighted by Crippen LogP contribution is 2.43. The van der Waals surface area contributed by atoms with E-state index in [-0.39, 0.29) is 11.6 Å². The van der Waals surface area contributed by atoms with E-state index < -0.39 is 0 Å². The highest BCUT2D eigenvalue weighted by Gasteiger charge is 2.36. The summed E-state index contributed by atoms with van der Waals surface area (Å²) in [5.41, 5.74) is 2.00. The van der Waals surface area contributed by atoms with E-state index in [2.05, 4.69) is 38.6 Å². The molecule has 0 amide bonds. The van der Waals surface area contributed by atoms with Crippen molar-refractivity contribution in [2.45, 2.75) is 104 Å². The minimum Gasteiger partial charge on any atom is -0.465 e. The Kier molecular flexibility index (Phi) is 12.1. The van der Waals surface area contributed by atoms with Crippen LogP contribution in [0.4, 0.5) is 0 Å². The van der Waals surface area contributed by atoms with Crippen molar-refractivity contribution in [2.75, 3.05) is 13.7 Å². The normalized spacial score (nSPS) is 28.2. The number of hydrogen-bond donors (Lipinski definition) is 0. The van der Waals surface area contributed by atoms with Crippen molar-refractivity contribution < 1.29 is 14.3 Å². The van der Waals surface area contributed by atoms with Crippen molar-refractivity contribution in [3.8, 4) is 0 Å². The summed E-state index contributed by atoms with van der Waals surface area (Å²) in [6.07, 6.45) is 17.1. The zero-order valence-electron chi connectivity index (χ0n) is 22.6. The molecule has 192 valence electrons. The van der Waals surface area contributed by atoms with E-state index in [9.17, 15) is 4.79 Å². The Morgan fingerprint density at radius 1 is 1.18 bits per heavy atom. The van der Waals surface area contributed by atoms with E-state index in [4.69, 9.17) is 9.47 Å². The quantitative estimate of drug-likeness (QED) is 0.313. The summed E-state index contributed by atoms with van der Waals surface area (Å²) in [5, 5.41) is 0. The third-order valence-corrected chi connectivity index (χ3v) is 8.74. The highest BCUT2D eigenvalue weighted by atomic mass is 32.1.